The van der Waals surface area contributed by atoms with E-state index in [-0.39, 0.29) is 23.8 Å². The lowest BCUT2D eigenvalue weighted by molar-refractivity contribution is -0.142. The fourth-order valence-corrected chi connectivity index (χ4v) is 4.72. The first-order valence-corrected chi connectivity index (χ1v) is 11.1. The molecule has 9 heteroatoms. The van der Waals surface area contributed by atoms with Crippen molar-refractivity contribution in [1.82, 2.24) is 10.2 Å². The standard InChI is InChI=1S/C20H23N3O5S/c1-19(7-8-19)18(25)23-12-14(28-29(26,27)15-5-3-2-4-6-15)11-16(23)17(24)22-20(13-21)9-10-20/h2-6,14,16H,7-12H2,1H3,(H,22,24). The van der Waals surface area contributed by atoms with Gasteiger partial charge in [-0.3, -0.25) is 13.8 Å². The maximum Gasteiger partial charge on any atom is 0.297 e. The topological polar surface area (TPSA) is 117 Å². The number of rotatable bonds is 6. The van der Waals surface area contributed by atoms with Crippen LogP contribution in [0, 0.1) is 16.7 Å². The normalized spacial score (nSPS) is 26.4. The van der Waals surface area contributed by atoms with Crippen molar-refractivity contribution in [3.63, 3.8) is 0 Å². The highest BCUT2D eigenvalue weighted by molar-refractivity contribution is 7.86. The van der Waals surface area contributed by atoms with Gasteiger partial charge in [-0.2, -0.15) is 13.7 Å². The molecule has 2 unspecified atom stereocenters. The van der Waals surface area contributed by atoms with Gasteiger partial charge in [-0.25, -0.2) is 0 Å². The van der Waals surface area contributed by atoms with Crippen molar-refractivity contribution in [2.45, 2.75) is 61.6 Å². The van der Waals surface area contributed by atoms with Crippen LogP contribution in [0.25, 0.3) is 0 Å². The first kappa shape index (κ1) is 19.9. The van der Waals surface area contributed by atoms with E-state index in [4.69, 9.17) is 4.18 Å². The summed E-state index contributed by atoms with van der Waals surface area (Å²) in [6, 6.07) is 9.03. The van der Waals surface area contributed by atoms with Crippen molar-refractivity contribution in [2.24, 2.45) is 5.41 Å². The van der Waals surface area contributed by atoms with E-state index in [0.717, 1.165) is 12.8 Å². The Morgan fingerprint density at radius 1 is 1.21 bits per heavy atom. The molecule has 2 aliphatic carbocycles. The number of carbonyl (C=O) groups is 2. The summed E-state index contributed by atoms with van der Waals surface area (Å²) >= 11 is 0. The Kier molecular flexibility index (Phi) is 4.67. The predicted molar refractivity (Wildman–Crippen MR) is 102 cm³/mol. The second-order valence-corrected chi connectivity index (χ2v) is 10.0. The van der Waals surface area contributed by atoms with Gasteiger partial charge in [0.1, 0.15) is 11.6 Å². The van der Waals surface area contributed by atoms with Crippen LogP contribution >= 0.6 is 0 Å². The number of nitrogens with zero attached hydrogens (tertiary/aromatic N) is 2. The lowest BCUT2D eigenvalue weighted by Gasteiger charge is -2.27. The highest BCUT2D eigenvalue weighted by atomic mass is 32.2. The molecule has 8 nitrogen and oxygen atoms in total. The molecule has 29 heavy (non-hydrogen) atoms. The van der Waals surface area contributed by atoms with Gasteiger partial charge >= 0.3 is 0 Å². The number of hydrogen-bond acceptors (Lipinski definition) is 6. The molecule has 1 aliphatic heterocycles. The minimum absolute atomic E-state index is 0.0259. The number of amides is 2. The zero-order valence-electron chi connectivity index (χ0n) is 16.1. The van der Waals surface area contributed by atoms with Crippen LogP contribution < -0.4 is 5.32 Å². The summed E-state index contributed by atoms with van der Waals surface area (Å²) in [5.74, 6) is -0.590. The quantitative estimate of drug-likeness (QED) is 0.698. The SMILES string of the molecule is CC1(C(=O)N2CC(OS(=O)(=O)c3ccccc3)CC2C(=O)NC2(C#N)CC2)CC1. The Hall–Kier alpha value is -2.44. The van der Waals surface area contributed by atoms with Gasteiger partial charge in [-0.15, -0.1) is 0 Å². The average Bonchev–Trinajstić information content (AvgIpc) is 3.61. The Balaban J connectivity index is 1.53. The summed E-state index contributed by atoms with van der Waals surface area (Å²) in [5, 5.41) is 12.0. The third-order valence-corrected chi connectivity index (χ3v) is 7.34. The van der Waals surface area contributed by atoms with Gasteiger partial charge in [0.15, 0.2) is 0 Å². The van der Waals surface area contributed by atoms with Gasteiger partial charge in [0.05, 0.1) is 17.1 Å². The molecule has 3 fully saturated rings. The molecule has 3 aliphatic rings. The van der Waals surface area contributed by atoms with E-state index in [1.807, 2.05) is 6.92 Å². The number of likely N-dealkylation sites (tertiary alicyclic amines) is 1. The number of carbonyl (C=O) groups excluding carboxylic acids is 2. The van der Waals surface area contributed by atoms with Crippen molar-refractivity contribution < 1.29 is 22.2 Å². The summed E-state index contributed by atoms with van der Waals surface area (Å²) in [6.45, 7) is 1.87. The lowest BCUT2D eigenvalue weighted by Crippen LogP contribution is -2.50. The Labute approximate surface area is 169 Å². The van der Waals surface area contributed by atoms with E-state index in [9.17, 15) is 23.3 Å². The van der Waals surface area contributed by atoms with E-state index >= 15 is 0 Å². The molecule has 1 N–H and O–H groups in total. The molecular weight excluding hydrogens is 394 g/mol. The molecule has 4 rings (SSSR count). The zero-order valence-corrected chi connectivity index (χ0v) is 16.9. The van der Waals surface area contributed by atoms with E-state index in [0.29, 0.717) is 12.8 Å². The summed E-state index contributed by atoms with van der Waals surface area (Å²) in [4.78, 5) is 27.3. The van der Waals surface area contributed by atoms with Crippen LogP contribution in [0.1, 0.15) is 39.0 Å². The third-order valence-electron chi connectivity index (χ3n) is 5.96. The van der Waals surface area contributed by atoms with Crippen LogP contribution in [0.15, 0.2) is 35.2 Å². The van der Waals surface area contributed by atoms with E-state index in [1.165, 1.54) is 17.0 Å². The molecule has 154 valence electrons. The van der Waals surface area contributed by atoms with E-state index < -0.39 is 39.1 Å². The van der Waals surface area contributed by atoms with Gasteiger partial charge in [0.2, 0.25) is 11.8 Å². The van der Waals surface area contributed by atoms with Gasteiger partial charge < -0.3 is 10.2 Å². The highest BCUT2D eigenvalue weighted by Crippen LogP contribution is 2.48. The molecule has 0 radical (unpaired) electrons. The fraction of sp³-hybridized carbons (Fsp3) is 0.550. The van der Waals surface area contributed by atoms with E-state index in [2.05, 4.69) is 11.4 Å². The summed E-state index contributed by atoms with van der Waals surface area (Å²) in [6.07, 6.45) is 1.89. The number of hydrogen-bond donors (Lipinski definition) is 1. The molecular formula is C20H23N3O5S. The Morgan fingerprint density at radius 2 is 1.86 bits per heavy atom. The number of nitriles is 1. The molecule has 2 amide bonds. The number of benzene rings is 1. The minimum Gasteiger partial charge on any atom is -0.336 e. The van der Waals surface area contributed by atoms with Crippen LogP contribution in [-0.4, -0.2) is 49.4 Å². The Morgan fingerprint density at radius 3 is 2.41 bits per heavy atom. The van der Waals surface area contributed by atoms with Gasteiger partial charge in [0.25, 0.3) is 10.1 Å². The van der Waals surface area contributed by atoms with Crippen molar-refractivity contribution in [2.75, 3.05) is 6.54 Å². The van der Waals surface area contributed by atoms with Crippen molar-refractivity contribution in [1.29, 1.82) is 5.26 Å². The third kappa shape index (κ3) is 3.87. The maximum absolute atomic E-state index is 13.0. The molecule has 1 saturated heterocycles. The number of nitrogens with one attached hydrogen (secondary N) is 1. The molecule has 2 atom stereocenters. The monoisotopic (exact) mass is 417 g/mol. The van der Waals surface area contributed by atoms with Crippen molar-refractivity contribution >= 4 is 21.9 Å². The molecule has 1 aromatic rings. The van der Waals surface area contributed by atoms with Crippen LogP contribution in [-0.2, 0) is 23.9 Å². The lowest BCUT2D eigenvalue weighted by atomic mass is 10.1. The minimum atomic E-state index is -4.01. The van der Waals surface area contributed by atoms with Crippen LogP contribution in [0.5, 0.6) is 0 Å². The first-order valence-electron chi connectivity index (χ1n) is 9.71. The predicted octanol–water partition coefficient (Wildman–Crippen LogP) is 1.33. The van der Waals surface area contributed by atoms with Crippen molar-refractivity contribution in [3.05, 3.63) is 30.3 Å². The van der Waals surface area contributed by atoms with Gasteiger partial charge in [0, 0.05) is 18.4 Å². The average molecular weight is 417 g/mol. The van der Waals surface area contributed by atoms with Crippen LogP contribution in [0.4, 0.5) is 0 Å². The molecule has 0 bridgehead atoms. The molecule has 1 aromatic carbocycles. The summed E-state index contributed by atoms with van der Waals surface area (Å²) < 4.78 is 30.5. The second-order valence-electron chi connectivity index (χ2n) is 8.44. The maximum atomic E-state index is 13.0. The zero-order chi connectivity index (χ0) is 20.9. The van der Waals surface area contributed by atoms with Crippen molar-refractivity contribution in [3.8, 4) is 6.07 Å². The van der Waals surface area contributed by atoms with E-state index in [1.54, 1.807) is 18.2 Å². The highest BCUT2D eigenvalue weighted by Gasteiger charge is 2.54. The van der Waals surface area contributed by atoms with Crippen LogP contribution in [0.3, 0.4) is 0 Å². The molecule has 2 saturated carbocycles. The van der Waals surface area contributed by atoms with Gasteiger partial charge in [-0.05, 0) is 37.8 Å². The molecule has 1 heterocycles. The smallest absolute Gasteiger partial charge is 0.297 e. The summed E-state index contributed by atoms with van der Waals surface area (Å²) in [5.41, 5.74) is -1.36. The fourth-order valence-electron chi connectivity index (χ4n) is 3.62. The summed E-state index contributed by atoms with van der Waals surface area (Å²) in [7, 11) is -4.01. The Bertz CT molecular complexity index is 977. The van der Waals surface area contributed by atoms with Gasteiger partial charge in [-0.1, -0.05) is 25.1 Å². The molecule has 0 aromatic heterocycles. The second kappa shape index (κ2) is 6.82. The first-order chi connectivity index (χ1) is 13.7. The van der Waals surface area contributed by atoms with Crippen LogP contribution in [0.2, 0.25) is 0 Å². The molecule has 0 spiro atoms. The largest absolute Gasteiger partial charge is 0.336 e.